The molecular weight excluding hydrogens is 446 g/mol. The molecule has 3 rings (SSSR count). The van der Waals surface area contributed by atoms with Crippen molar-refractivity contribution in [1.29, 1.82) is 0 Å². The van der Waals surface area contributed by atoms with E-state index < -0.39 is 0 Å². The summed E-state index contributed by atoms with van der Waals surface area (Å²) in [6.07, 6.45) is 3.27. The number of halogens is 1. The number of aryl methyl sites for hydroxylation is 1. The number of hydrogen-bond acceptors (Lipinski definition) is 4. The third-order valence-electron chi connectivity index (χ3n) is 5.44. The van der Waals surface area contributed by atoms with Crippen LogP contribution in [-0.4, -0.2) is 54.5 Å². The highest BCUT2D eigenvalue weighted by molar-refractivity contribution is 7.10. The Bertz CT molecular complexity index is 962. The van der Waals surface area contributed by atoms with E-state index in [0.29, 0.717) is 37.0 Å². The molecule has 1 aromatic carbocycles. The van der Waals surface area contributed by atoms with Crippen LogP contribution in [0.2, 0.25) is 5.02 Å². The number of fused-ring (bicyclic) bond motifs is 1. The van der Waals surface area contributed by atoms with Crippen molar-refractivity contribution in [3.05, 3.63) is 63.3 Å². The van der Waals surface area contributed by atoms with Gasteiger partial charge in [-0.2, -0.15) is 0 Å². The van der Waals surface area contributed by atoms with Crippen molar-refractivity contribution in [3.8, 4) is 5.75 Å². The SMILES string of the molecule is C=CCN(CC(=O)N1CCc2sccc2[C@@H]1COc1ccc(Cl)c(C)c1)C(=O)NCCC. The third-order valence-corrected chi connectivity index (χ3v) is 6.86. The largest absolute Gasteiger partial charge is 0.491 e. The predicted molar refractivity (Wildman–Crippen MR) is 130 cm³/mol. The molecule has 8 heteroatoms. The topological polar surface area (TPSA) is 61.9 Å². The fraction of sp³-hybridized carbons (Fsp3) is 0.417. The number of carbonyl (C=O) groups is 2. The monoisotopic (exact) mass is 475 g/mol. The Morgan fingerprint density at radius 3 is 2.94 bits per heavy atom. The van der Waals surface area contributed by atoms with E-state index in [0.717, 1.165) is 24.0 Å². The lowest BCUT2D eigenvalue weighted by Crippen LogP contribution is -2.50. The number of nitrogens with one attached hydrogen (secondary N) is 1. The zero-order chi connectivity index (χ0) is 23.1. The molecule has 1 aliphatic rings. The number of rotatable bonds is 9. The van der Waals surface area contributed by atoms with E-state index in [-0.39, 0.29) is 24.5 Å². The maximum atomic E-state index is 13.3. The van der Waals surface area contributed by atoms with Gasteiger partial charge in [-0.15, -0.1) is 17.9 Å². The molecule has 0 radical (unpaired) electrons. The van der Waals surface area contributed by atoms with Crippen LogP contribution in [-0.2, 0) is 11.2 Å². The average molecular weight is 476 g/mol. The van der Waals surface area contributed by atoms with Crippen molar-refractivity contribution in [2.45, 2.75) is 32.7 Å². The minimum absolute atomic E-state index is 0.00239. The molecule has 1 N–H and O–H groups in total. The molecule has 0 bridgehead atoms. The smallest absolute Gasteiger partial charge is 0.318 e. The summed E-state index contributed by atoms with van der Waals surface area (Å²) >= 11 is 7.83. The summed E-state index contributed by atoms with van der Waals surface area (Å²) in [6.45, 7) is 9.45. The van der Waals surface area contributed by atoms with Gasteiger partial charge in [-0.25, -0.2) is 4.79 Å². The first-order valence-corrected chi connectivity index (χ1v) is 12.1. The van der Waals surface area contributed by atoms with Gasteiger partial charge in [0.25, 0.3) is 0 Å². The van der Waals surface area contributed by atoms with Gasteiger partial charge in [0.2, 0.25) is 5.91 Å². The summed E-state index contributed by atoms with van der Waals surface area (Å²) < 4.78 is 6.08. The summed E-state index contributed by atoms with van der Waals surface area (Å²) in [5.74, 6) is 0.616. The second-order valence-corrected chi connectivity index (χ2v) is 9.18. The molecule has 1 aromatic heterocycles. The number of hydrogen-bond donors (Lipinski definition) is 1. The maximum Gasteiger partial charge on any atom is 0.318 e. The van der Waals surface area contributed by atoms with E-state index in [2.05, 4.69) is 23.3 Å². The standard InChI is InChI=1S/C24H30ClN3O3S/c1-4-10-26-24(30)27(11-5-2)15-23(29)28-12-8-22-19(9-13-32-22)21(28)16-31-18-6-7-20(25)17(3)14-18/h5-7,9,13-14,21H,2,4,8,10-12,15-16H2,1,3H3,(H,26,30)/t21-/m0/s1. The Morgan fingerprint density at radius 2 is 2.22 bits per heavy atom. The molecule has 0 aliphatic carbocycles. The lowest BCUT2D eigenvalue weighted by atomic mass is 10.0. The minimum Gasteiger partial charge on any atom is -0.491 e. The van der Waals surface area contributed by atoms with Crippen molar-refractivity contribution in [3.63, 3.8) is 0 Å². The highest BCUT2D eigenvalue weighted by Crippen LogP contribution is 2.34. The number of ether oxygens (including phenoxy) is 1. The van der Waals surface area contributed by atoms with Crippen molar-refractivity contribution >= 4 is 34.9 Å². The van der Waals surface area contributed by atoms with Crippen LogP contribution in [0.15, 0.2) is 42.3 Å². The number of benzene rings is 1. The fourth-order valence-corrected chi connectivity index (χ4v) is 4.78. The predicted octanol–water partition coefficient (Wildman–Crippen LogP) is 4.82. The number of urea groups is 1. The lowest BCUT2D eigenvalue weighted by Gasteiger charge is -2.37. The Labute approximate surface area is 198 Å². The number of amides is 3. The summed E-state index contributed by atoms with van der Waals surface area (Å²) in [5.41, 5.74) is 2.06. The molecule has 1 aliphatic heterocycles. The van der Waals surface area contributed by atoms with Gasteiger partial charge in [0.1, 0.15) is 18.9 Å². The summed E-state index contributed by atoms with van der Waals surface area (Å²) in [6, 6.07) is 7.15. The molecule has 0 spiro atoms. The molecular formula is C24H30ClN3O3S. The molecule has 32 heavy (non-hydrogen) atoms. The van der Waals surface area contributed by atoms with Gasteiger partial charge in [0.05, 0.1) is 6.04 Å². The van der Waals surface area contributed by atoms with Crippen LogP contribution in [0.25, 0.3) is 0 Å². The molecule has 2 heterocycles. The fourth-order valence-electron chi connectivity index (χ4n) is 3.73. The quantitative estimate of drug-likeness (QED) is 0.529. The van der Waals surface area contributed by atoms with Crippen LogP contribution < -0.4 is 10.1 Å². The molecule has 1 atom stereocenters. The van der Waals surface area contributed by atoms with Crippen molar-refractivity contribution in [2.24, 2.45) is 0 Å². The normalized spacial score (nSPS) is 15.1. The number of nitrogens with zero attached hydrogens (tertiary/aromatic N) is 2. The van der Waals surface area contributed by atoms with Crippen LogP contribution in [0.4, 0.5) is 4.79 Å². The highest BCUT2D eigenvalue weighted by Gasteiger charge is 2.33. The highest BCUT2D eigenvalue weighted by atomic mass is 35.5. The Kier molecular flexibility index (Phi) is 8.59. The molecule has 0 fully saturated rings. The van der Waals surface area contributed by atoms with Crippen molar-refractivity contribution in [2.75, 3.05) is 32.8 Å². The lowest BCUT2D eigenvalue weighted by molar-refractivity contribution is -0.135. The zero-order valence-electron chi connectivity index (χ0n) is 18.6. The van der Waals surface area contributed by atoms with Crippen LogP contribution in [0.1, 0.15) is 35.4 Å². The number of thiophene rings is 1. The molecule has 6 nitrogen and oxygen atoms in total. The van der Waals surface area contributed by atoms with Crippen LogP contribution >= 0.6 is 22.9 Å². The van der Waals surface area contributed by atoms with E-state index in [1.54, 1.807) is 17.4 Å². The van der Waals surface area contributed by atoms with E-state index >= 15 is 0 Å². The first-order valence-electron chi connectivity index (χ1n) is 10.8. The maximum absolute atomic E-state index is 13.3. The number of carbonyl (C=O) groups excluding carboxylic acids is 2. The van der Waals surface area contributed by atoms with Gasteiger partial charge in [-0.3, -0.25) is 4.79 Å². The molecule has 0 saturated heterocycles. The van der Waals surface area contributed by atoms with Gasteiger partial charge in [-0.1, -0.05) is 24.6 Å². The van der Waals surface area contributed by atoms with Gasteiger partial charge >= 0.3 is 6.03 Å². The Hall–Kier alpha value is -2.51. The van der Waals surface area contributed by atoms with Crippen LogP contribution in [0, 0.1) is 6.92 Å². The first-order chi connectivity index (χ1) is 15.4. The van der Waals surface area contributed by atoms with E-state index in [9.17, 15) is 9.59 Å². The van der Waals surface area contributed by atoms with E-state index in [1.165, 1.54) is 9.78 Å². The van der Waals surface area contributed by atoms with Gasteiger partial charge in [0.15, 0.2) is 0 Å². The summed E-state index contributed by atoms with van der Waals surface area (Å²) in [4.78, 5) is 30.4. The van der Waals surface area contributed by atoms with Gasteiger partial charge < -0.3 is 19.9 Å². The second kappa shape index (κ2) is 11.4. The van der Waals surface area contributed by atoms with Crippen LogP contribution in [0.3, 0.4) is 0 Å². The molecule has 3 amide bonds. The Morgan fingerprint density at radius 1 is 1.41 bits per heavy atom. The van der Waals surface area contributed by atoms with Gasteiger partial charge in [0, 0.05) is 29.5 Å². The van der Waals surface area contributed by atoms with Crippen molar-refractivity contribution < 1.29 is 14.3 Å². The molecule has 172 valence electrons. The van der Waals surface area contributed by atoms with Crippen LogP contribution in [0.5, 0.6) is 5.75 Å². The minimum atomic E-state index is -0.252. The van der Waals surface area contributed by atoms with Gasteiger partial charge in [-0.05, 0) is 60.5 Å². The summed E-state index contributed by atoms with van der Waals surface area (Å²) in [7, 11) is 0. The first kappa shape index (κ1) is 24.1. The molecule has 0 saturated carbocycles. The van der Waals surface area contributed by atoms with Crippen molar-refractivity contribution in [1.82, 2.24) is 15.1 Å². The van der Waals surface area contributed by atoms with E-state index in [4.69, 9.17) is 16.3 Å². The molecule has 2 aromatic rings. The van der Waals surface area contributed by atoms with E-state index in [1.807, 2.05) is 36.9 Å². The third kappa shape index (κ3) is 5.84. The average Bonchev–Trinajstić information content (AvgIpc) is 3.26. The molecule has 0 unspecified atom stereocenters. The Balaban J connectivity index is 1.75. The summed E-state index contributed by atoms with van der Waals surface area (Å²) in [5, 5.41) is 5.59. The second-order valence-electron chi connectivity index (χ2n) is 7.78. The zero-order valence-corrected chi connectivity index (χ0v) is 20.2.